The summed E-state index contributed by atoms with van der Waals surface area (Å²) in [5, 5.41) is 3.30. The third-order valence-corrected chi connectivity index (χ3v) is 6.01. The summed E-state index contributed by atoms with van der Waals surface area (Å²) in [5.74, 6) is 0.0141. The van der Waals surface area contributed by atoms with Crippen LogP contribution < -0.4 is 15.5 Å². The van der Waals surface area contributed by atoms with E-state index < -0.39 is 0 Å². The van der Waals surface area contributed by atoms with E-state index in [-0.39, 0.29) is 23.7 Å². The number of aryl methyl sites for hydroxylation is 4. The molecule has 35 heavy (non-hydrogen) atoms. The van der Waals surface area contributed by atoms with Gasteiger partial charge in [-0.1, -0.05) is 61.4 Å². The fourth-order valence-corrected chi connectivity index (χ4v) is 4.17. The van der Waals surface area contributed by atoms with Gasteiger partial charge in [-0.2, -0.15) is 0 Å². The van der Waals surface area contributed by atoms with E-state index in [4.69, 9.17) is 9.15 Å². The summed E-state index contributed by atoms with van der Waals surface area (Å²) in [4.78, 5) is 26.2. The van der Waals surface area contributed by atoms with E-state index in [2.05, 4.69) is 12.2 Å². The van der Waals surface area contributed by atoms with Gasteiger partial charge in [0.2, 0.25) is 11.2 Å². The van der Waals surface area contributed by atoms with Crippen LogP contribution in [-0.2, 0) is 11.2 Å². The molecule has 0 fully saturated rings. The first-order valence-electron chi connectivity index (χ1n) is 12.0. The number of benzene rings is 3. The maximum Gasteiger partial charge on any atom is 0.262 e. The SMILES string of the molecule is CCCCc1ccc(NC(=O)COc2c(-c3ccc(C)cc3)oc3cc(C)cc(C)c3c2=O)cc1. The lowest BCUT2D eigenvalue weighted by molar-refractivity contribution is -0.118. The molecular formula is C30H31NO4. The van der Waals surface area contributed by atoms with Gasteiger partial charge in [0.05, 0.1) is 5.39 Å². The van der Waals surface area contributed by atoms with Crippen molar-refractivity contribution in [3.63, 3.8) is 0 Å². The molecule has 0 atom stereocenters. The molecule has 5 heteroatoms. The van der Waals surface area contributed by atoms with Gasteiger partial charge in [-0.05, 0) is 68.5 Å². The van der Waals surface area contributed by atoms with E-state index in [1.165, 1.54) is 5.56 Å². The van der Waals surface area contributed by atoms with Crippen molar-refractivity contribution in [2.45, 2.75) is 47.0 Å². The van der Waals surface area contributed by atoms with Crippen LogP contribution in [0.25, 0.3) is 22.3 Å². The number of anilines is 1. The van der Waals surface area contributed by atoms with Crippen molar-refractivity contribution in [2.24, 2.45) is 0 Å². The van der Waals surface area contributed by atoms with Gasteiger partial charge in [0.25, 0.3) is 5.91 Å². The number of rotatable bonds is 8. The number of ether oxygens (including phenoxy) is 1. The van der Waals surface area contributed by atoms with E-state index in [0.29, 0.717) is 28.0 Å². The Kier molecular flexibility index (Phi) is 7.35. The van der Waals surface area contributed by atoms with Crippen LogP contribution in [0.1, 0.15) is 42.0 Å². The minimum atomic E-state index is -0.346. The van der Waals surface area contributed by atoms with Crippen molar-refractivity contribution in [1.29, 1.82) is 0 Å². The number of carbonyl (C=O) groups is 1. The zero-order chi connectivity index (χ0) is 24.9. The normalized spacial score (nSPS) is 11.0. The minimum absolute atomic E-state index is 0.0402. The number of carbonyl (C=O) groups excluding carboxylic acids is 1. The summed E-state index contributed by atoms with van der Waals surface area (Å²) in [6, 6.07) is 19.3. The second-order valence-electron chi connectivity index (χ2n) is 9.05. The molecule has 0 bridgehead atoms. The van der Waals surface area contributed by atoms with Crippen molar-refractivity contribution < 1.29 is 13.9 Å². The molecule has 0 radical (unpaired) electrons. The van der Waals surface area contributed by atoms with Gasteiger partial charge >= 0.3 is 0 Å². The molecule has 1 aromatic heterocycles. The number of hydrogen-bond donors (Lipinski definition) is 1. The van der Waals surface area contributed by atoms with Crippen LogP contribution in [0, 0.1) is 20.8 Å². The van der Waals surface area contributed by atoms with Gasteiger partial charge in [-0.3, -0.25) is 9.59 Å². The molecular weight excluding hydrogens is 438 g/mol. The molecule has 0 saturated carbocycles. The van der Waals surface area contributed by atoms with Gasteiger partial charge in [-0.15, -0.1) is 0 Å². The molecule has 3 aromatic carbocycles. The van der Waals surface area contributed by atoms with Crippen molar-refractivity contribution in [3.05, 3.63) is 93.1 Å². The van der Waals surface area contributed by atoms with Gasteiger partial charge in [0.15, 0.2) is 12.4 Å². The fraction of sp³-hybridized carbons (Fsp3) is 0.267. The Balaban J connectivity index is 1.61. The second kappa shape index (κ2) is 10.6. The van der Waals surface area contributed by atoms with Gasteiger partial charge in [0.1, 0.15) is 5.58 Å². The highest BCUT2D eigenvalue weighted by Gasteiger charge is 2.20. The molecule has 180 valence electrons. The summed E-state index contributed by atoms with van der Waals surface area (Å²) in [5.41, 5.74) is 5.76. The lowest BCUT2D eigenvalue weighted by Gasteiger charge is -2.13. The Morgan fingerprint density at radius 1 is 0.943 bits per heavy atom. The first kappa shape index (κ1) is 24.3. The highest BCUT2D eigenvalue weighted by molar-refractivity contribution is 5.92. The van der Waals surface area contributed by atoms with Crippen LogP contribution in [0.15, 0.2) is 69.9 Å². The summed E-state index contributed by atoms with van der Waals surface area (Å²) in [6.45, 7) is 7.68. The lowest BCUT2D eigenvalue weighted by atomic mass is 10.0. The number of hydrogen-bond acceptors (Lipinski definition) is 4. The molecule has 1 amide bonds. The van der Waals surface area contributed by atoms with Crippen LogP contribution in [0.5, 0.6) is 5.75 Å². The third-order valence-electron chi connectivity index (χ3n) is 6.01. The maximum absolute atomic E-state index is 13.5. The van der Waals surface area contributed by atoms with Crippen LogP contribution in [-0.4, -0.2) is 12.5 Å². The molecule has 4 aromatic rings. The molecule has 0 aliphatic carbocycles. The summed E-state index contributed by atoms with van der Waals surface area (Å²) in [7, 11) is 0. The van der Waals surface area contributed by atoms with E-state index in [1.54, 1.807) is 0 Å². The van der Waals surface area contributed by atoms with Crippen LogP contribution in [0.4, 0.5) is 5.69 Å². The second-order valence-corrected chi connectivity index (χ2v) is 9.05. The monoisotopic (exact) mass is 469 g/mol. The smallest absolute Gasteiger partial charge is 0.262 e. The van der Waals surface area contributed by atoms with Crippen molar-refractivity contribution in [3.8, 4) is 17.1 Å². The Labute approximate surface area is 205 Å². The fourth-order valence-electron chi connectivity index (χ4n) is 4.17. The van der Waals surface area contributed by atoms with Crippen LogP contribution in [0.2, 0.25) is 0 Å². The lowest BCUT2D eigenvalue weighted by Crippen LogP contribution is -2.22. The zero-order valence-electron chi connectivity index (χ0n) is 20.7. The third kappa shape index (κ3) is 5.62. The van der Waals surface area contributed by atoms with Crippen molar-refractivity contribution >= 4 is 22.6 Å². The molecule has 4 rings (SSSR count). The number of unbranched alkanes of at least 4 members (excludes halogenated alkanes) is 1. The maximum atomic E-state index is 13.5. The predicted molar refractivity (Wildman–Crippen MR) is 141 cm³/mol. The van der Waals surface area contributed by atoms with E-state index in [1.807, 2.05) is 81.4 Å². The summed E-state index contributed by atoms with van der Waals surface area (Å²) < 4.78 is 12.0. The molecule has 0 aliphatic rings. The number of nitrogens with one attached hydrogen (secondary N) is 1. The minimum Gasteiger partial charge on any atom is -0.476 e. The standard InChI is InChI=1S/C30H31NO4/c1-5-6-7-22-10-14-24(15-11-22)31-26(32)18-34-30-28(33)27-21(4)16-20(3)17-25(27)35-29(30)23-12-8-19(2)9-13-23/h8-17H,5-7,18H2,1-4H3,(H,31,32). The topological polar surface area (TPSA) is 68.5 Å². The number of amides is 1. The van der Waals surface area contributed by atoms with Crippen molar-refractivity contribution in [1.82, 2.24) is 0 Å². The molecule has 1 heterocycles. The Bertz CT molecular complexity index is 1400. The highest BCUT2D eigenvalue weighted by Crippen LogP contribution is 2.32. The summed E-state index contributed by atoms with van der Waals surface area (Å²) >= 11 is 0. The Morgan fingerprint density at radius 2 is 1.66 bits per heavy atom. The van der Waals surface area contributed by atoms with Gasteiger partial charge < -0.3 is 14.5 Å². The average Bonchev–Trinajstić information content (AvgIpc) is 2.83. The van der Waals surface area contributed by atoms with E-state index in [0.717, 1.165) is 36.0 Å². The first-order valence-corrected chi connectivity index (χ1v) is 12.0. The molecule has 0 spiro atoms. The predicted octanol–water partition coefficient (Wildman–Crippen LogP) is 6.75. The van der Waals surface area contributed by atoms with E-state index >= 15 is 0 Å². The number of fused-ring (bicyclic) bond motifs is 1. The molecule has 0 saturated heterocycles. The van der Waals surface area contributed by atoms with Gasteiger partial charge in [0, 0.05) is 11.3 Å². The highest BCUT2D eigenvalue weighted by atomic mass is 16.5. The Morgan fingerprint density at radius 3 is 2.34 bits per heavy atom. The Hall–Kier alpha value is -3.86. The van der Waals surface area contributed by atoms with Crippen molar-refractivity contribution in [2.75, 3.05) is 11.9 Å². The molecule has 1 N–H and O–H groups in total. The molecule has 0 unspecified atom stereocenters. The average molecular weight is 470 g/mol. The zero-order valence-corrected chi connectivity index (χ0v) is 20.7. The molecule has 0 aliphatic heterocycles. The first-order chi connectivity index (χ1) is 16.9. The summed E-state index contributed by atoms with van der Waals surface area (Å²) in [6.07, 6.45) is 3.30. The largest absolute Gasteiger partial charge is 0.476 e. The van der Waals surface area contributed by atoms with Crippen LogP contribution in [0.3, 0.4) is 0 Å². The quantitative estimate of drug-likeness (QED) is 0.310. The molecule has 5 nitrogen and oxygen atoms in total. The van der Waals surface area contributed by atoms with Crippen LogP contribution >= 0.6 is 0 Å². The van der Waals surface area contributed by atoms with E-state index in [9.17, 15) is 9.59 Å². The van der Waals surface area contributed by atoms with Gasteiger partial charge in [-0.25, -0.2) is 0 Å².